The van der Waals surface area contributed by atoms with E-state index in [1.165, 1.54) is 0 Å². The number of aromatic nitrogens is 2. The van der Waals surface area contributed by atoms with Crippen molar-refractivity contribution in [1.29, 1.82) is 0 Å². The van der Waals surface area contributed by atoms with Crippen molar-refractivity contribution in [2.45, 2.75) is 95.4 Å². The van der Waals surface area contributed by atoms with Gasteiger partial charge in [0.15, 0.2) is 5.58 Å². The fraction of sp³-hybridized carbons (Fsp3) is 0.543. The monoisotopic (exact) mass is 677 g/mol. The van der Waals surface area contributed by atoms with Gasteiger partial charge in [-0.25, -0.2) is 4.98 Å². The van der Waals surface area contributed by atoms with Gasteiger partial charge in [0, 0.05) is 43.4 Å². The number of rotatable bonds is 13. The first-order chi connectivity index (χ1) is 23.3. The highest BCUT2D eigenvalue weighted by atomic mass is 35.5. The summed E-state index contributed by atoms with van der Waals surface area (Å²) in [4.78, 5) is 66.8. The number of anilines is 1. The van der Waals surface area contributed by atoms with Crippen LogP contribution in [0.4, 0.5) is 6.01 Å². The van der Waals surface area contributed by atoms with Gasteiger partial charge in [-0.3, -0.25) is 24.1 Å². The third-order valence-corrected chi connectivity index (χ3v) is 9.83. The third-order valence-electron chi connectivity index (χ3n) is 9.58. The van der Waals surface area contributed by atoms with E-state index in [2.05, 4.69) is 25.9 Å². The number of carbonyl (C=O) groups excluding carboxylic acids is 4. The van der Waals surface area contributed by atoms with Gasteiger partial charge in [-0.1, -0.05) is 56.3 Å². The van der Waals surface area contributed by atoms with Crippen molar-refractivity contribution in [2.75, 3.05) is 25.0 Å². The molecule has 3 aliphatic rings. The van der Waals surface area contributed by atoms with Crippen molar-refractivity contribution in [3.8, 4) is 0 Å². The largest absolute Gasteiger partial charge is 0.422 e. The summed E-state index contributed by atoms with van der Waals surface area (Å²) < 4.78 is 5.91. The average Bonchev–Trinajstić information content (AvgIpc) is 3.82. The molecule has 13 heteroatoms. The van der Waals surface area contributed by atoms with Crippen LogP contribution in [0.3, 0.4) is 0 Å². The minimum Gasteiger partial charge on any atom is -0.422 e. The van der Waals surface area contributed by atoms with Crippen molar-refractivity contribution >= 4 is 52.4 Å². The van der Waals surface area contributed by atoms with Gasteiger partial charge in [0.1, 0.15) is 12.1 Å². The summed E-state index contributed by atoms with van der Waals surface area (Å²) in [6.07, 6.45) is 9.29. The van der Waals surface area contributed by atoms with Gasteiger partial charge < -0.3 is 25.3 Å². The van der Waals surface area contributed by atoms with Crippen LogP contribution < -0.4 is 16.0 Å². The Kier molecular flexibility index (Phi) is 10.9. The predicted molar refractivity (Wildman–Crippen MR) is 181 cm³/mol. The molecule has 3 heterocycles. The lowest BCUT2D eigenvalue weighted by Crippen LogP contribution is -2.63. The number of hydrogen-bond donors (Lipinski definition) is 3. The molecule has 0 radical (unpaired) electrons. The highest BCUT2D eigenvalue weighted by molar-refractivity contribution is 6.38. The topological polar surface area (TPSA) is 150 Å². The number of nitrogens with one attached hydrogen (secondary N) is 3. The number of Topliss-reactive ketones (excluding diaryl/α,β-unsaturated/α-hetero) is 1. The van der Waals surface area contributed by atoms with E-state index in [9.17, 15) is 19.2 Å². The van der Waals surface area contributed by atoms with E-state index in [1.54, 1.807) is 23.2 Å². The maximum atomic E-state index is 14.4. The van der Waals surface area contributed by atoms with E-state index in [0.29, 0.717) is 48.7 Å². The van der Waals surface area contributed by atoms with E-state index in [4.69, 9.17) is 16.0 Å². The quantitative estimate of drug-likeness (QED) is 0.228. The zero-order valence-corrected chi connectivity index (χ0v) is 28.1. The summed E-state index contributed by atoms with van der Waals surface area (Å²) in [6.45, 7) is 3.33. The van der Waals surface area contributed by atoms with Gasteiger partial charge in [0.2, 0.25) is 23.2 Å². The Bertz CT molecular complexity index is 1570. The molecule has 3 atom stereocenters. The fourth-order valence-electron chi connectivity index (χ4n) is 6.76. The molecule has 2 aliphatic carbocycles. The van der Waals surface area contributed by atoms with Gasteiger partial charge in [-0.15, -0.1) is 0 Å². The molecule has 6 rings (SSSR count). The fourth-order valence-corrected chi connectivity index (χ4v) is 6.89. The van der Waals surface area contributed by atoms with Crippen molar-refractivity contribution in [2.24, 2.45) is 5.92 Å². The van der Waals surface area contributed by atoms with Crippen LogP contribution in [0.25, 0.3) is 11.2 Å². The van der Waals surface area contributed by atoms with E-state index in [1.807, 2.05) is 36.1 Å². The Labute approximate surface area is 285 Å². The molecule has 0 spiro atoms. The van der Waals surface area contributed by atoms with Crippen molar-refractivity contribution in [3.05, 3.63) is 53.2 Å². The van der Waals surface area contributed by atoms with Crippen LogP contribution in [0.5, 0.6) is 0 Å². The normalized spacial score (nSPS) is 20.2. The number of carbonyl (C=O) groups is 4. The molecule has 3 N–H and O–H groups in total. The number of piperazine rings is 1. The number of pyridine rings is 1. The zero-order chi connectivity index (χ0) is 33.6. The molecule has 0 unspecified atom stereocenters. The highest BCUT2D eigenvalue weighted by Crippen LogP contribution is 2.31. The van der Waals surface area contributed by atoms with Crippen LogP contribution in [0.2, 0.25) is 5.02 Å². The molecular formula is C35H44ClN7O5. The van der Waals surface area contributed by atoms with E-state index < -0.39 is 29.8 Å². The van der Waals surface area contributed by atoms with Gasteiger partial charge >= 0.3 is 0 Å². The smallest absolute Gasteiger partial charge is 0.297 e. The lowest BCUT2D eigenvalue weighted by Gasteiger charge is -2.43. The van der Waals surface area contributed by atoms with Gasteiger partial charge in [0.05, 0.1) is 6.04 Å². The molecule has 3 amide bonds. The lowest BCUT2D eigenvalue weighted by atomic mass is 9.83. The van der Waals surface area contributed by atoms with Crippen LogP contribution in [-0.4, -0.2) is 87.1 Å². The zero-order valence-electron chi connectivity index (χ0n) is 27.3. The second-order valence-electron chi connectivity index (χ2n) is 13.2. The molecule has 12 nitrogen and oxygen atoms in total. The Balaban J connectivity index is 1.22. The number of halogens is 1. The summed E-state index contributed by atoms with van der Waals surface area (Å²) in [5.41, 5.74) is 1.96. The number of nitrogens with zero attached hydrogens (tertiary/aromatic N) is 4. The van der Waals surface area contributed by atoms with E-state index in [-0.39, 0.29) is 36.3 Å². The van der Waals surface area contributed by atoms with Gasteiger partial charge in [-0.05, 0) is 67.9 Å². The first-order valence-corrected chi connectivity index (χ1v) is 17.6. The maximum absolute atomic E-state index is 14.4. The maximum Gasteiger partial charge on any atom is 0.297 e. The molecule has 1 saturated heterocycles. The van der Waals surface area contributed by atoms with E-state index >= 15 is 0 Å². The second kappa shape index (κ2) is 15.5. The van der Waals surface area contributed by atoms with Crippen LogP contribution in [0, 0.1) is 5.92 Å². The lowest BCUT2D eigenvalue weighted by molar-refractivity contribution is -0.143. The van der Waals surface area contributed by atoms with E-state index in [0.717, 1.165) is 50.5 Å². The minimum atomic E-state index is -0.950. The van der Waals surface area contributed by atoms with Crippen molar-refractivity contribution < 1.29 is 23.6 Å². The molecule has 1 aromatic carbocycles. The Hall–Kier alpha value is -4.03. The molecule has 48 heavy (non-hydrogen) atoms. The van der Waals surface area contributed by atoms with Crippen molar-refractivity contribution in [3.63, 3.8) is 0 Å². The molecule has 2 saturated carbocycles. The number of oxazole rings is 1. The summed E-state index contributed by atoms with van der Waals surface area (Å²) in [5, 5.41) is 9.57. The number of amides is 3. The van der Waals surface area contributed by atoms with Gasteiger partial charge in [0.25, 0.3) is 11.9 Å². The Morgan fingerprint density at radius 1 is 1.02 bits per heavy atom. The Morgan fingerprint density at radius 3 is 2.50 bits per heavy atom. The summed E-state index contributed by atoms with van der Waals surface area (Å²) in [6, 6.07) is 8.98. The second-order valence-corrected chi connectivity index (χ2v) is 13.7. The molecule has 2 aromatic heterocycles. The summed E-state index contributed by atoms with van der Waals surface area (Å²) in [7, 11) is 0. The SMILES string of the molecule is CCC[C@H](NC(=O)[C@H]1CN(C(=O)[C@@H](Nc2nc3ncccc3o2)C2CCCCC2)CCN1Cc1ccc(Cl)cc1)C(=O)C(=O)NC1CC1. The van der Waals surface area contributed by atoms with Crippen LogP contribution >= 0.6 is 11.6 Å². The number of hydrogen-bond acceptors (Lipinski definition) is 9. The predicted octanol–water partition coefficient (Wildman–Crippen LogP) is 4.08. The molecule has 1 aliphatic heterocycles. The van der Waals surface area contributed by atoms with Crippen molar-refractivity contribution in [1.82, 2.24) is 30.4 Å². The van der Waals surface area contributed by atoms with Crippen LogP contribution in [0.15, 0.2) is 47.0 Å². The number of fused-ring (bicyclic) bond motifs is 1. The highest BCUT2D eigenvalue weighted by Gasteiger charge is 2.41. The number of ketones is 1. The first-order valence-electron chi connectivity index (χ1n) is 17.2. The molecule has 3 fully saturated rings. The third kappa shape index (κ3) is 8.33. The standard InChI is InChI=1S/C35H44ClN7O5/c1-2-7-26(30(44)33(46)38-25-15-16-25)39-32(45)27-21-43(19-18-42(27)20-22-11-13-24(36)14-12-22)34(47)29(23-8-4-3-5-9-23)40-35-41-31-28(48-35)10-6-17-37-31/h6,10-14,17,23,25-27,29H,2-5,7-9,15-16,18-21H2,1H3,(H,38,46)(H,39,45)(H,37,40,41)/t26-,27+,29-/m0/s1. The molecular weight excluding hydrogens is 634 g/mol. The molecule has 256 valence electrons. The minimum absolute atomic E-state index is 0.0314. The summed E-state index contributed by atoms with van der Waals surface area (Å²) in [5.74, 6) is -1.74. The first kappa shape index (κ1) is 33.9. The van der Waals surface area contributed by atoms with Crippen LogP contribution in [0.1, 0.15) is 70.3 Å². The Morgan fingerprint density at radius 2 is 1.79 bits per heavy atom. The molecule has 0 bridgehead atoms. The molecule has 3 aromatic rings. The van der Waals surface area contributed by atoms with Gasteiger partial charge in [-0.2, -0.15) is 4.98 Å². The van der Waals surface area contributed by atoms with Crippen LogP contribution in [-0.2, 0) is 25.7 Å². The number of benzene rings is 1. The summed E-state index contributed by atoms with van der Waals surface area (Å²) >= 11 is 6.13. The average molecular weight is 678 g/mol.